The number of rotatable bonds is 7. The van der Waals surface area contributed by atoms with Crippen LogP contribution in [0.5, 0.6) is 5.75 Å². The van der Waals surface area contributed by atoms with Crippen molar-refractivity contribution >= 4 is 32.4 Å². The van der Waals surface area contributed by atoms with Gasteiger partial charge in [-0.3, -0.25) is 19.6 Å². The van der Waals surface area contributed by atoms with E-state index in [1.165, 1.54) is 6.92 Å². The molecule has 10 nitrogen and oxygen atoms in total. The predicted octanol–water partition coefficient (Wildman–Crippen LogP) is 0.414. The summed E-state index contributed by atoms with van der Waals surface area (Å²) < 4.78 is 28.3. The van der Waals surface area contributed by atoms with Crippen molar-refractivity contribution in [1.82, 2.24) is 4.98 Å². The van der Waals surface area contributed by atoms with E-state index < -0.39 is 32.2 Å². The first-order valence-electron chi connectivity index (χ1n) is 6.13. The smallest absolute Gasteiger partial charge is 0.505 e. The van der Waals surface area contributed by atoms with Gasteiger partial charge in [0, 0.05) is 12.7 Å². The Balaban J connectivity index is 0.00000529. The maximum Gasteiger partial charge on any atom is 0.526 e. The van der Waals surface area contributed by atoms with Crippen LogP contribution in [-0.4, -0.2) is 51.4 Å². The molecule has 0 saturated carbocycles. The Bertz CT molecular complexity index is 655. The van der Waals surface area contributed by atoms with E-state index in [2.05, 4.69) is 19.5 Å². The highest BCUT2D eigenvalue weighted by Crippen LogP contribution is 2.38. The molecule has 1 aromatic heterocycles. The summed E-state index contributed by atoms with van der Waals surface area (Å²) in [7, 11) is -5.07. The minimum atomic E-state index is -5.07. The van der Waals surface area contributed by atoms with Gasteiger partial charge >= 0.3 is 7.82 Å². The monoisotopic (exact) mass is 387 g/mol. The Morgan fingerprint density at radius 1 is 1.58 bits per heavy atom. The van der Waals surface area contributed by atoms with Gasteiger partial charge in [-0.2, -0.15) is 0 Å². The molecule has 1 heterocycles. The maximum absolute atomic E-state index is 13.0. The van der Waals surface area contributed by atoms with Crippen LogP contribution in [0.3, 0.4) is 0 Å². The number of halogens is 2. The highest BCUT2D eigenvalue weighted by molar-refractivity contribution is 7.47. The molecule has 1 unspecified atom stereocenters. The standard InChI is InChI=1S/C11H15FN3O7P.ClH/c1-6-10(17)9(4-16)8(3-14-6)11(22-23(18,19)20)15-21-5-7(12)2-13;/h3-4,7,17H,2,5,13H2,1H3,(H2,18,19,20);1H. The summed E-state index contributed by atoms with van der Waals surface area (Å²) >= 11 is 0. The predicted molar refractivity (Wildman–Crippen MR) is 82.8 cm³/mol. The molecule has 0 aliphatic rings. The number of nitrogens with two attached hydrogens (primary N) is 1. The lowest BCUT2D eigenvalue weighted by molar-refractivity contribution is 0.0858. The van der Waals surface area contributed by atoms with E-state index in [1.807, 2.05) is 0 Å². The van der Waals surface area contributed by atoms with E-state index in [1.54, 1.807) is 0 Å². The molecule has 13 heteroatoms. The zero-order valence-electron chi connectivity index (χ0n) is 12.3. The number of aldehydes is 1. The number of carbonyl (C=O) groups is 1. The fraction of sp³-hybridized carbons (Fsp3) is 0.364. The van der Waals surface area contributed by atoms with Crippen LogP contribution in [0.2, 0.25) is 0 Å². The van der Waals surface area contributed by atoms with Crippen LogP contribution in [0.25, 0.3) is 0 Å². The zero-order chi connectivity index (χ0) is 17.6. The molecule has 1 atom stereocenters. The number of aromatic hydroxyl groups is 1. The molecule has 0 fully saturated rings. The Labute approximate surface area is 142 Å². The summed E-state index contributed by atoms with van der Waals surface area (Å²) in [4.78, 5) is 37.1. The van der Waals surface area contributed by atoms with E-state index in [9.17, 15) is 18.9 Å². The topological polar surface area (TPSA) is 165 Å². The first-order valence-corrected chi connectivity index (χ1v) is 7.66. The molecule has 1 aromatic rings. The Kier molecular flexibility index (Phi) is 8.80. The Morgan fingerprint density at radius 2 is 2.21 bits per heavy atom. The second kappa shape index (κ2) is 9.50. The number of aryl methyl sites for hydroxylation is 1. The van der Waals surface area contributed by atoms with Crippen molar-refractivity contribution in [2.24, 2.45) is 10.9 Å². The fourth-order valence-corrected chi connectivity index (χ4v) is 1.73. The number of pyridine rings is 1. The number of hydrogen-bond acceptors (Lipinski definition) is 8. The highest BCUT2D eigenvalue weighted by Gasteiger charge is 2.25. The van der Waals surface area contributed by atoms with Gasteiger partial charge in [0.25, 0.3) is 5.90 Å². The Morgan fingerprint density at radius 3 is 2.71 bits per heavy atom. The van der Waals surface area contributed by atoms with E-state index in [0.717, 1.165) is 6.20 Å². The number of oxime groups is 1. The van der Waals surface area contributed by atoms with Crippen LogP contribution in [-0.2, 0) is 13.9 Å². The summed E-state index contributed by atoms with van der Waals surface area (Å²) in [5.41, 5.74) is 4.42. The van der Waals surface area contributed by atoms with Crippen molar-refractivity contribution in [3.8, 4) is 5.75 Å². The molecule has 0 amide bonds. The first-order chi connectivity index (χ1) is 10.7. The normalized spacial score (nSPS) is 13.0. The lowest BCUT2D eigenvalue weighted by Crippen LogP contribution is -2.20. The molecule has 0 radical (unpaired) electrons. The Hall–Kier alpha value is -1.78. The number of aromatic nitrogens is 1. The second-order valence-corrected chi connectivity index (χ2v) is 5.41. The van der Waals surface area contributed by atoms with Crippen LogP contribution in [0, 0.1) is 6.92 Å². The molecular weight excluding hydrogens is 372 g/mol. The number of phosphoric ester groups is 1. The van der Waals surface area contributed by atoms with Crippen molar-refractivity contribution in [2.45, 2.75) is 13.1 Å². The average molecular weight is 388 g/mol. The van der Waals surface area contributed by atoms with Gasteiger partial charge in [0.2, 0.25) is 0 Å². The third-order valence-electron chi connectivity index (χ3n) is 2.49. The van der Waals surface area contributed by atoms with E-state index >= 15 is 0 Å². The van der Waals surface area contributed by atoms with Gasteiger partial charge in [-0.1, -0.05) is 0 Å². The minimum absolute atomic E-state index is 0. The number of alkyl halides is 1. The van der Waals surface area contributed by atoms with Gasteiger partial charge in [-0.25, -0.2) is 8.96 Å². The van der Waals surface area contributed by atoms with E-state index in [-0.39, 0.29) is 42.1 Å². The molecule has 24 heavy (non-hydrogen) atoms. The van der Waals surface area contributed by atoms with Gasteiger partial charge in [0.1, 0.15) is 18.5 Å². The molecule has 136 valence electrons. The summed E-state index contributed by atoms with van der Waals surface area (Å²) in [6.07, 6.45) is -0.354. The summed E-state index contributed by atoms with van der Waals surface area (Å²) in [6.45, 7) is 0.446. The van der Waals surface area contributed by atoms with Gasteiger partial charge in [-0.15, -0.1) is 12.4 Å². The molecule has 0 aliphatic carbocycles. The number of hydrogen-bond donors (Lipinski definition) is 4. The van der Waals surface area contributed by atoms with Gasteiger partial charge in [0.05, 0.1) is 16.8 Å². The fourth-order valence-electron chi connectivity index (χ4n) is 1.38. The van der Waals surface area contributed by atoms with Crippen LogP contribution < -0.4 is 5.73 Å². The number of phosphoric acid groups is 1. The molecule has 1 rings (SSSR count). The SMILES string of the molecule is Cc1ncc(C(=NOCC(F)CN)OP(=O)(O)O)c(C=O)c1O.Cl. The zero-order valence-corrected chi connectivity index (χ0v) is 14.0. The quantitative estimate of drug-likeness (QED) is 0.170. The third-order valence-corrected chi connectivity index (χ3v) is 2.90. The van der Waals surface area contributed by atoms with Gasteiger partial charge in [-0.05, 0) is 12.1 Å². The third kappa shape index (κ3) is 6.38. The summed E-state index contributed by atoms with van der Waals surface area (Å²) in [5, 5.41) is 13.0. The second-order valence-electron chi connectivity index (χ2n) is 4.24. The van der Waals surface area contributed by atoms with Crippen molar-refractivity contribution < 1.29 is 38.0 Å². The van der Waals surface area contributed by atoms with Crippen LogP contribution >= 0.6 is 20.2 Å². The summed E-state index contributed by atoms with van der Waals surface area (Å²) in [6, 6.07) is 0. The molecule has 0 bridgehead atoms. The largest absolute Gasteiger partial charge is 0.526 e. The number of carbonyl (C=O) groups excluding carboxylic acids is 1. The summed E-state index contributed by atoms with van der Waals surface area (Å²) in [5.74, 6) is -1.36. The molecular formula is C11H16ClFN3O7P. The lowest BCUT2D eigenvalue weighted by Gasteiger charge is -2.12. The average Bonchev–Trinajstić information content (AvgIpc) is 2.47. The van der Waals surface area contributed by atoms with Crippen molar-refractivity contribution in [3.05, 3.63) is 23.0 Å². The highest BCUT2D eigenvalue weighted by atomic mass is 35.5. The van der Waals surface area contributed by atoms with Crippen molar-refractivity contribution in [2.75, 3.05) is 13.2 Å². The molecule has 0 saturated heterocycles. The molecule has 0 aliphatic heterocycles. The van der Waals surface area contributed by atoms with Crippen LogP contribution in [0.15, 0.2) is 11.4 Å². The minimum Gasteiger partial charge on any atom is -0.505 e. The van der Waals surface area contributed by atoms with Crippen molar-refractivity contribution in [3.63, 3.8) is 0 Å². The molecule has 0 spiro atoms. The van der Waals surface area contributed by atoms with E-state index in [4.69, 9.17) is 15.5 Å². The van der Waals surface area contributed by atoms with Gasteiger partial charge in [0.15, 0.2) is 6.29 Å². The van der Waals surface area contributed by atoms with E-state index in [0.29, 0.717) is 0 Å². The lowest BCUT2D eigenvalue weighted by atomic mass is 10.1. The maximum atomic E-state index is 13.0. The van der Waals surface area contributed by atoms with Crippen LogP contribution in [0.4, 0.5) is 4.39 Å². The van der Waals surface area contributed by atoms with Crippen molar-refractivity contribution in [1.29, 1.82) is 0 Å². The molecule has 0 aromatic carbocycles. The van der Waals surface area contributed by atoms with Crippen LogP contribution in [0.1, 0.15) is 21.6 Å². The van der Waals surface area contributed by atoms with Gasteiger partial charge < -0.3 is 20.2 Å². The first kappa shape index (κ1) is 22.2. The number of nitrogens with zero attached hydrogens (tertiary/aromatic N) is 2. The molecule has 5 N–H and O–H groups in total.